The number of nitrogens with zero attached hydrogens (tertiary/aromatic N) is 3. The van der Waals surface area contributed by atoms with Gasteiger partial charge in [-0.05, 0) is 56.9 Å². The molecule has 0 bridgehead atoms. The third kappa shape index (κ3) is 3.55. The van der Waals surface area contributed by atoms with Gasteiger partial charge in [-0.25, -0.2) is 0 Å². The molecule has 134 valence electrons. The van der Waals surface area contributed by atoms with Gasteiger partial charge in [0.15, 0.2) is 0 Å². The van der Waals surface area contributed by atoms with Gasteiger partial charge < -0.3 is 4.90 Å². The first-order chi connectivity index (χ1) is 11.7. The molecule has 0 saturated heterocycles. The van der Waals surface area contributed by atoms with Crippen molar-refractivity contribution >= 4 is 11.6 Å². The summed E-state index contributed by atoms with van der Waals surface area (Å²) in [6.45, 7) is 3.66. The number of halogens is 3. The van der Waals surface area contributed by atoms with Crippen molar-refractivity contribution < 1.29 is 18.0 Å². The van der Waals surface area contributed by atoms with Crippen molar-refractivity contribution in [1.29, 1.82) is 0 Å². The van der Waals surface area contributed by atoms with Gasteiger partial charge in [0, 0.05) is 18.8 Å². The molecule has 3 rings (SSSR count). The van der Waals surface area contributed by atoms with Crippen LogP contribution in [-0.4, -0.2) is 21.7 Å². The van der Waals surface area contributed by atoms with Crippen LogP contribution < -0.4 is 4.90 Å². The van der Waals surface area contributed by atoms with Crippen molar-refractivity contribution in [3.05, 3.63) is 47.3 Å². The summed E-state index contributed by atoms with van der Waals surface area (Å²) >= 11 is 0. The normalized spacial score (nSPS) is 15.9. The van der Waals surface area contributed by atoms with E-state index in [0.29, 0.717) is 17.3 Å². The summed E-state index contributed by atoms with van der Waals surface area (Å²) in [4.78, 5) is 14.6. The Kier molecular flexibility index (Phi) is 4.34. The van der Waals surface area contributed by atoms with Crippen molar-refractivity contribution in [2.45, 2.75) is 38.9 Å². The van der Waals surface area contributed by atoms with Crippen molar-refractivity contribution in [2.75, 3.05) is 4.90 Å². The van der Waals surface area contributed by atoms with Gasteiger partial charge in [0.25, 0.3) is 5.91 Å². The zero-order valence-electron chi connectivity index (χ0n) is 14.3. The van der Waals surface area contributed by atoms with Crippen molar-refractivity contribution in [2.24, 2.45) is 13.0 Å². The highest BCUT2D eigenvalue weighted by Crippen LogP contribution is 2.39. The van der Waals surface area contributed by atoms with Crippen LogP contribution in [0.3, 0.4) is 0 Å². The smallest absolute Gasteiger partial charge is 0.304 e. The van der Waals surface area contributed by atoms with Gasteiger partial charge in [-0.2, -0.15) is 18.3 Å². The van der Waals surface area contributed by atoms with Crippen LogP contribution in [0.4, 0.5) is 18.9 Å². The Morgan fingerprint density at radius 1 is 1.32 bits per heavy atom. The van der Waals surface area contributed by atoms with E-state index < -0.39 is 11.7 Å². The summed E-state index contributed by atoms with van der Waals surface area (Å²) in [5.74, 6) is -0.0189. The standard InChI is InChI=1S/C18H20F3N3O/c1-11-9-16(23(3)22-11)17(25)24(12(2)13-7-8-13)15-6-4-5-14(10-15)18(19,20)21/h4-6,9-10,12-13H,7-8H2,1-3H3/t12-/m1/s1. The van der Waals surface area contributed by atoms with Gasteiger partial charge in [-0.3, -0.25) is 9.48 Å². The Bertz CT molecular complexity index is 793. The first kappa shape index (κ1) is 17.5. The molecule has 1 fully saturated rings. The lowest BCUT2D eigenvalue weighted by atomic mass is 10.1. The molecule has 1 aromatic carbocycles. The Hall–Kier alpha value is -2.31. The fraction of sp³-hybridized carbons (Fsp3) is 0.444. The minimum absolute atomic E-state index is 0.175. The second-order valence-corrected chi connectivity index (χ2v) is 6.60. The summed E-state index contributed by atoms with van der Waals surface area (Å²) in [5, 5.41) is 4.17. The molecule has 1 atom stereocenters. The molecule has 0 unspecified atom stereocenters. The maximum atomic E-state index is 13.1. The highest BCUT2D eigenvalue weighted by atomic mass is 19.4. The van der Waals surface area contributed by atoms with Gasteiger partial charge in [-0.15, -0.1) is 0 Å². The first-order valence-electron chi connectivity index (χ1n) is 8.20. The molecule has 1 saturated carbocycles. The summed E-state index contributed by atoms with van der Waals surface area (Å²) in [7, 11) is 1.66. The summed E-state index contributed by atoms with van der Waals surface area (Å²) in [5.41, 5.74) is 0.557. The molecular formula is C18H20F3N3O. The van der Waals surface area contributed by atoms with E-state index in [1.54, 1.807) is 26.1 Å². The minimum atomic E-state index is -4.45. The van der Waals surface area contributed by atoms with Crippen molar-refractivity contribution in [3.8, 4) is 0 Å². The summed E-state index contributed by atoms with van der Waals surface area (Å²) in [6, 6.07) is 6.43. The summed E-state index contributed by atoms with van der Waals surface area (Å²) in [6.07, 6.45) is -2.49. The number of amides is 1. The van der Waals surface area contributed by atoms with Crippen molar-refractivity contribution in [1.82, 2.24) is 9.78 Å². The zero-order valence-corrected chi connectivity index (χ0v) is 14.3. The number of carbonyl (C=O) groups excluding carboxylic acids is 1. The lowest BCUT2D eigenvalue weighted by molar-refractivity contribution is -0.137. The molecule has 2 aromatic rings. The van der Waals surface area contributed by atoms with Crippen LogP contribution in [0.25, 0.3) is 0 Å². The quantitative estimate of drug-likeness (QED) is 0.828. The van der Waals surface area contributed by atoms with Crippen molar-refractivity contribution in [3.63, 3.8) is 0 Å². The number of hydrogen-bond acceptors (Lipinski definition) is 2. The molecule has 25 heavy (non-hydrogen) atoms. The Balaban J connectivity index is 2.04. The number of alkyl halides is 3. The number of anilines is 1. The largest absolute Gasteiger partial charge is 0.416 e. The van der Waals surface area contributed by atoms with E-state index in [1.165, 1.54) is 15.6 Å². The van der Waals surface area contributed by atoms with Crippen LogP contribution in [0.1, 0.15) is 41.5 Å². The SMILES string of the molecule is Cc1cc(C(=O)N(c2cccc(C(F)(F)F)c2)[C@H](C)C2CC2)n(C)n1. The van der Waals surface area contributed by atoms with E-state index in [1.807, 2.05) is 6.92 Å². The number of hydrogen-bond donors (Lipinski definition) is 0. The Morgan fingerprint density at radius 2 is 2.00 bits per heavy atom. The summed E-state index contributed by atoms with van der Waals surface area (Å²) < 4.78 is 40.7. The van der Waals surface area contributed by atoms with Gasteiger partial charge in [0.1, 0.15) is 5.69 Å². The molecule has 7 heteroatoms. The molecule has 0 radical (unpaired) electrons. The lowest BCUT2D eigenvalue weighted by Gasteiger charge is -2.30. The van der Waals surface area contributed by atoms with E-state index in [4.69, 9.17) is 0 Å². The monoisotopic (exact) mass is 351 g/mol. The Morgan fingerprint density at radius 3 is 2.52 bits per heavy atom. The second-order valence-electron chi connectivity index (χ2n) is 6.60. The number of carbonyl (C=O) groups is 1. The van der Waals surface area contributed by atoms with E-state index in [0.717, 1.165) is 25.0 Å². The average Bonchev–Trinajstić information content (AvgIpc) is 3.32. The third-order valence-corrected chi connectivity index (χ3v) is 4.60. The highest BCUT2D eigenvalue weighted by Gasteiger charge is 2.37. The molecule has 1 amide bonds. The zero-order chi connectivity index (χ0) is 18.4. The number of benzene rings is 1. The van der Waals surface area contributed by atoms with Gasteiger partial charge in [0.05, 0.1) is 11.3 Å². The fourth-order valence-electron chi connectivity index (χ4n) is 3.09. The van der Waals surface area contributed by atoms with Gasteiger partial charge in [0.2, 0.25) is 0 Å². The van der Waals surface area contributed by atoms with Gasteiger partial charge >= 0.3 is 6.18 Å². The van der Waals surface area contributed by atoms with Gasteiger partial charge in [-0.1, -0.05) is 6.07 Å². The topological polar surface area (TPSA) is 38.1 Å². The maximum Gasteiger partial charge on any atom is 0.416 e. The first-order valence-corrected chi connectivity index (χ1v) is 8.20. The van der Waals surface area contributed by atoms with Crippen LogP contribution in [-0.2, 0) is 13.2 Å². The number of rotatable bonds is 4. The highest BCUT2D eigenvalue weighted by molar-refractivity contribution is 6.05. The van der Waals surface area contributed by atoms with Crippen LogP contribution in [0.15, 0.2) is 30.3 Å². The van der Waals surface area contributed by atoms with Crippen LogP contribution in [0, 0.1) is 12.8 Å². The lowest BCUT2D eigenvalue weighted by Crippen LogP contribution is -2.41. The molecule has 0 aliphatic heterocycles. The number of aryl methyl sites for hydroxylation is 2. The Labute approximate surface area is 144 Å². The van der Waals surface area contributed by atoms with Crippen LogP contribution in [0.5, 0.6) is 0 Å². The molecule has 0 spiro atoms. The molecule has 1 aromatic heterocycles. The molecule has 1 heterocycles. The van der Waals surface area contributed by atoms with Crippen LogP contribution >= 0.6 is 0 Å². The minimum Gasteiger partial charge on any atom is -0.304 e. The molecular weight excluding hydrogens is 331 g/mol. The second kappa shape index (κ2) is 6.20. The number of aromatic nitrogens is 2. The maximum absolute atomic E-state index is 13.1. The van der Waals surface area contributed by atoms with E-state index >= 15 is 0 Å². The molecule has 0 N–H and O–H groups in total. The average molecular weight is 351 g/mol. The molecule has 1 aliphatic carbocycles. The van der Waals surface area contributed by atoms with E-state index in [9.17, 15) is 18.0 Å². The van der Waals surface area contributed by atoms with Crippen LogP contribution in [0.2, 0.25) is 0 Å². The predicted molar refractivity (Wildman–Crippen MR) is 88.4 cm³/mol. The third-order valence-electron chi connectivity index (χ3n) is 4.60. The fourth-order valence-corrected chi connectivity index (χ4v) is 3.09. The molecule has 4 nitrogen and oxygen atoms in total. The predicted octanol–water partition coefficient (Wildman–Crippen LogP) is 4.19. The van der Waals surface area contributed by atoms with E-state index in [2.05, 4.69) is 5.10 Å². The molecule has 1 aliphatic rings. The van der Waals surface area contributed by atoms with E-state index in [-0.39, 0.29) is 17.6 Å².